The molecule has 0 bridgehead atoms. The van der Waals surface area contributed by atoms with Gasteiger partial charge in [-0.3, -0.25) is 4.79 Å². The molecular formula is C20H17FN2O2S. The molecule has 0 unspecified atom stereocenters. The fourth-order valence-corrected chi connectivity index (χ4v) is 3.06. The Hall–Kier alpha value is -2.99. The summed E-state index contributed by atoms with van der Waals surface area (Å²) in [6.07, 6.45) is 1.62. The van der Waals surface area contributed by atoms with Crippen molar-refractivity contribution in [3.63, 3.8) is 0 Å². The van der Waals surface area contributed by atoms with Crippen LogP contribution in [-0.2, 0) is 6.61 Å². The second-order valence-corrected chi connectivity index (χ2v) is 6.34. The van der Waals surface area contributed by atoms with Gasteiger partial charge in [0.15, 0.2) is 0 Å². The van der Waals surface area contributed by atoms with Gasteiger partial charge in [0.2, 0.25) is 0 Å². The molecule has 1 aromatic heterocycles. The normalized spacial score (nSPS) is 10.3. The van der Waals surface area contributed by atoms with Crippen molar-refractivity contribution < 1.29 is 13.9 Å². The zero-order chi connectivity index (χ0) is 18.4. The van der Waals surface area contributed by atoms with E-state index in [9.17, 15) is 9.18 Å². The van der Waals surface area contributed by atoms with Crippen molar-refractivity contribution in [2.75, 3.05) is 6.54 Å². The highest BCUT2D eigenvalue weighted by Gasteiger charge is 2.11. The lowest BCUT2D eigenvalue weighted by Gasteiger charge is -2.07. The lowest BCUT2D eigenvalue weighted by molar-refractivity contribution is 0.0954. The highest BCUT2D eigenvalue weighted by molar-refractivity contribution is 7.13. The van der Waals surface area contributed by atoms with Crippen LogP contribution in [0.3, 0.4) is 0 Å². The summed E-state index contributed by atoms with van der Waals surface area (Å²) in [5, 5.41) is 5.18. The third-order valence-electron chi connectivity index (χ3n) is 3.54. The Kier molecular flexibility index (Phi) is 5.76. The molecule has 0 fully saturated rings. The average molecular weight is 368 g/mol. The highest BCUT2D eigenvalue weighted by Crippen LogP contribution is 2.26. The summed E-state index contributed by atoms with van der Waals surface area (Å²) < 4.78 is 18.8. The summed E-state index contributed by atoms with van der Waals surface area (Å²) in [5.41, 5.74) is 2.05. The summed E-state index contributed by atoms with van der Waals surface area (Å²) >= 11 is 1.40. The van der Waals surface area contributed by atoms with Crippen LogP contribution in [0, 0.1) is 5.82 Å². The number of hydrogen-bond acceptors (Lipinski definition) is 4. The minimum atomic E-state index is -0.279. The monoisotopic (exact) mass is 368 g/mol. The molecule has 0 radical (unpaired) electrons. The number of nitrogens with one attached hydrogen (secondary N) is 1. The Balaban J connectivity index is 1.63. The van der Waals surface area contributed by atoms with Crippen LogP contribution in [0.5, 0.6) is 5.75 Å². The molecule has 3 aromatic rings. The predicted octanol–water partition coefficient (Wildman–Crippen LogP) is 4.44. The van der Waals surface area contributed by atoms with Gasteiger partial charge >= 0.3 is 0 Å². The smallest absolute Gasteiger partial charge is 0.271 e. The number of rotatable bonds is 7. The van der Waals surface area contributed by atoms with E-state index in [2.05, 4.69) is 16.9 Å². The van der Waals surface area contributed by atoms with Gasteiger partial charge in [0.05, 0.1) is 0 Å². The first kappa shape index (κ1) is 17.8. The minimum absolute atomic E-state index is 0.220. The van der Waals surface area contributed by atoms with Gasteiger partial charge in [0, 0.05) is 17.5 Å². The zero-order valence-electron chi connectivity index (χ0n) is 13.9. The number of hydrogen-bond donors (Lipinski definition) is 1. The third kappa shape index (κ3) is 4.55. The van der Waals surface area contributed by atoms with E-state index in [-0.39, 0.29) is 11.7 Å². The Morgan fingerprint density at radius 1 is 1.27 bits per heavy atom. The SMILES string of the molecule is C=CCNC(=O)c1csc(-c2ccc(OCc3cccc(F)c3)cc2)n1. The summed E-state index contributed by atoms with van der Waals surface area (Å²) in [4.78, 5) is 16.2. The largest absolute Gasteiger partial charge is 0.489 e. The summed E-state index contributed by atoms with van der Waals surface area (Å²) in [5.74, 6) is 0.180. The van der Waals surface area contributed by atoms with Crippen LogP contribution in [0.15, 0.2) is 66.6 Å². The number of amides is 1. The Bertz CT molecular complexity index is 906. The first-order valence-electron chi connectivity index (χ1n) is 7.98. The summed E-state index contributed by atoms with van der Waals surface area (Å²) in [6, 6.07) is 13.7. The highest BCUT2D eigenvalue weighted by atomic mass is 32.1. The molecule has 26 heavy (non-hydrogen) atoms. The van der Waals surface area contributed by atoms with Crippen molar-refractivity contribution >= 4 is 17.2 Å². The Labute approximate surface area is 155 Å². The van der Waals surface area contributed by atoms with Gasteiger partial charge in [-0.2, -0.15) is 0 Å². The molecule has 4 nitrogen and oxygen atoms in total. The maximum absolute atomic E-state index is 13.2. The molecular weight excluding hydrogens is 351 g/mol. The van der Waals surface area contributed by atoms with Crippen molar-refractivity contribution in [1.29, 1.82) is 0 Å². The van der Waals surface area contributed by atoms with Crippen LogP contribution in [0.1, 0.15) is 16.1 Å². The topological polar surface area (TPSA) is 51.2 Å². The molecule has 0 aliphatic carbocycles. The molecule has 0 saturated heterocycles. The van der Waals surface area contributed by atoms with Gasteiger partial charge in [-0.1, -0.05) is 18.2 Å². The summed E-state index contributed by atoms with van der Waals surface area (Å²) in [6.45, 7) is 4.26. The van der Waals surface area contributed by atoms with Gasteiger partial charge in [-0.25, -0.2) is 9.37 Å². The number of benzene rings is 2. The molecule has 1 amide bonds. The summed E-state index contributed by atoms with van der Waals surface area (Å²) in [7, 11) is 0. The van der Waals surface area contributed by atoms with E-state index in [0.29, 0.717) is 24.6 Å². The van der Waals surface area contributed by atoms with Crippen molar-refractivity contribution in [1.82, 2.24) is 10.3 Å². The van der Waals surface area contributed by atoms with Crippen LogP contribution in [0.2, 0.25) is 0 Å². The molecule has 0 atom stereocenters. The molecule has 6 heteroatoms. The number of thiazole rings is 1. The zero-order valence-corrected chi connectivity index (χ0v) is 14.8. The van der Waals surface area contributed by atoms with Crippen LogP contribution in [0.25, 0.3) is 10.6 Å². The molecule has 0 aliphatic heterocycles. The first-order chi connectivity index (χ1) is 12.7. The van der Waals surface area contributed by atoms with Crippen molar-refractivity contribution in [3.8, 4) is 16.3 Å². The van der Waals surface area contributed by atoms with Gasteiger partial charge in [0.1, 0.15) is 28.9 Å². The van der Waals surface area contributed by atoms with E-state index in [1.165, 1.54) is 23.5 Å². The Morgan fingerprint density at radius 2 is 2.08 bits per heavy atom. The van der Waals surface area contributed by atoms with Crippen molar-refractivity contribution in [2.24, 2.45) is 0 Å². The maximum atomic E-state index is 13.2. The van der Waals surface area contributed by atoms with Crippen LogP contribution in [-0.4, -0.2) is 17.4 Å². The first-order valence-corrected chi connectivity index (χ1v) is 8.86. The van der Waals surface area contributed by atoms with Crippen molar-refractivity contribution in [3.05, 3.63) is 83.6 Å². The van der Waals surface area contributed by atoms with Gasteiger partial charge < -0.3 is 10.1 Å². The number of carbonyl (C=O) groups is 1. The van der Waals surface area contributed by atoms with E-state index in [4.69, 9.17) is 4.74 Å². The van der Waals surface area contributed by atoms with Crippen molar-refractivity contribution in [2.45, 2.75) is 6.61 Å². The van der Waals surface area contributed by atoms with E-state index >= 15 is 0 Å². The second-order valence-electron chi connectivity index (χ2n) is 5.48. The molecule has 3 rings (SSSR count). The molecule has 132 valence electrons. The molecule has 0 aliphatic rings. The Morgan fingerprint density at radius 3 is 2.81 bits per heavy atom. The predicted molar refractivity (Wildman–Crippen MR) is 101 cm³/mol. The van der Waals surface area contributed by atoms with Gasteiger partial charge in [-0.15, -0.1) is 17.9 Å². The van der Waals surface area contributed by atoms with Gasteiger partial charge in [-0.05, 0) is 42.0 Å². The number of nitrogens with zero attached hydrogens (tertiary/aromatic N) is 1. The number of carbonyl (C=O) groups excluding carboxylic acids is 1. The fourth-order valence-electron chi connectivity index (χ4n) is 2.25. The minimum Gasteiger partial charge on any atom is -0.489 e. The molecule has 1 N–H and O–H groups in total. The maximum Gasteiger partial charge on any atom is 0.271 e. The van der Waals surface area contributed by atoms with Crippen LogP contribution >= 0.6 is 11.3 Å². The van der Waals surface area contributed by atoms with Crippen LogP contribution in [0.4, 0.5) is 4.39 Å². The number of ether oxygens (including phenoxy) is 1. The molecule has 1 heterocycles. The molecule has 0 spiro atoms. The number of aromatic nitrogens is 1. The van der Waals surface area contributed by atoms with E-state index in [1.54, 1.807) is 17.5 Å². The second kappa shape index (κ2) is 8.40. The lowest BCUT2D eigenvalue weighted by Crippen LogP contribution is -2.23. The third-order valence-corrected chi connectivity index (χ3v) is 4.43. The van der Waals surface area contributed by atoms with E-state index in [0.717, 1.165) is 16.1 Å². The molecule has 2 aromatic carbocycles. The average Bonchev–Trinajstić information content (AvgIpc) is 3.15. The standard InChI is InChI=1S/C20H17FN2O2S/c1-2-10-22-19(24)18-13-26-20(23-18)15-6-8-17(9-7-15)25-12-14-4-3-5-16(21)11-14/h2-9,11,13H,1,10,12H2,(H,22,24). The fraction of sp³-hybridized carbons (Fsp3) is 0.100. The van der Waals surface area contributed by atoms with E-state index < -0.39 is 0 Å². The van der Waals surface area contributed by atoms with Crippen LogP contribution < -0.4 is 10.1 Å². The lowest BCUT2D eigenvalue weighted by atomic mass is 10.2. The molecule has 0 saturated carbocycles. The quantitative estimate of drug-likeness (QED) is 0.627. The van der Waals surface area contributed by atoms with E-state index in [1.807, 2.05) is 30.3 Å². The number of halogens is 1. The van der Waals surface area contributed by atoms with Gasteiger partial charge in [0.25, 0.3) is 5.91 Å².